The molecule has 0 aliphatic carbocycles. The lowest BCUT2D eigenvalue weighted by Gasteiger charge is -2.39. The zero-order valence-corrected chi connectivity index (χ0v) is 22.2. The van der Waals surface area contributed by atoms with E-state index in [4.69, 9.17) is 18.0 Å². The van der Waals surface area contributed by atoms with Gasteiger partial charge in [-0.05, 0) is 55.5 Å². The van der Waals surface area contributed by atoms with Crippen molar-refractivity contribution < 1.29 is 14.4 Å². The fourth-order valence-electron chi connectivity index (χ4n) is 5.10. The number of terminal acetylenes is 1. The third-order valence-electron chi connectivity index (χ3n) is 7.01. The maximum Gasteiger partial charge on any atom is 0.253 e. The molecule has 1 aromatic carbocycles. The van der Waals surface area contributed by atoms with Gasteiger partial charge in [0.15, 0.2) is 0 Å². The first-order valence-electron chi connectivity index (χ1n) is 12.5. The van der Waals surface area contributed by atoms with Crippen LogP contribution in [0.2, 0.25) is 5.02 Å². The molecule has 2 fully saturated rings. The van der Waals surface area contributed by atoms with Gasteiger partial charge < -0.3 is 15.1 Å². The number of aryl methyl sites for hydroxylation is 1. The lowest BCUT2D eigenvalue weighted by molar-refractivity contribution is -0.136. The average Bonchev–Trinajstić information content (AvgIpc) is 3.27. The largest absolute Gasteiger partial charge is 0.345 e. The number of amides is 3. The summed E-state index contributed by atoms with van der Waals surface area (Å²) in [5, 5.41) is 3.57. The first-order chi connectivity index (χ1) is 17.7. The highest BCUT2D eigenvalue weighted by Crippen LogP contribution is 2.29. The van der Waals surface area contributed by atoms with Crippen LogP contribution < -0.4 is 5.32 Å². The van der Waals surface area contributed by atoms with E-state index in [2.05, 4.69) is 27.2 Å². The topological polar surface area (TPSA) is 85.8 Å². The number of pyridine rings is 1. The predicted octanol–water partition coefficient (Wildman–Crippen LogP) is 3.32. The second-order valence-electron chi connectivity index (χ2n) is 9.91. The van der Waals surface area contributed by atoms with Gasteiger partial charge in [0.25, 0.3) is 5.91 Å². The average molecular weight is 522 g/mol. The molecule has 1 N–H and O–H groups in total. The Morgan fingerprint density at radius 3 is 2.57 bits per heavy atom. The van der Waals surface area contributed by atoms with Crippen molar-refractivity contribution in [2.24, 2.45) is 0 Å². The number of piperidine rings is 1. The molecule has 37 heavy (non-hydrogen) atoms. The van der Waals surface area contributed by atoms with Crippen molar-refractivity contribution >= 4 is 35.1 Å². The highest BCUT2D eigenvalue weighted by molar-refractivity contribution is 6.31. The van der Waals surface area contributed by atoms with Gasteiger partial charge in [0.1, 0.15) is 17.6 Å². The second kappa shape index (κ2) is 11.3. The van der Waals surface area contributed by atoms with E-state index < -0.39 is 6.04 Å². The van der Waals surface area contributed by atoms with E-state index in [1.165, 1.54) is 22.6 Å². The number of benzene rings is 1. The molecule has 0 saturated carbocycles. The lowest BCUT2D eigenvalue weighted by Crippen LogP contribution is -2.51. The molecule has 3 amide bonds. The summed E-state index contributed by atoms with van der Waals surface area (Å²) in [6.45, 7) is 4.51. The molecule has 2 aliphatic rings. The molecule has 1 aromatic heterocycles. The smallest absolute Gasteiger partial charge is 0.253 e. The highest BCUT2D eigenvalue weighted by atomic mass is 35.5. The molecule has 8 nitrogen and oxygen atoms in total. The van der Waals surface area contributed by atoms with Crippen LogP contribution in [-0.4, -0.2) is 76.7 Å². The van der Waals surface area contributed by atoms with Crippen LogP contribution in [0.3, 0.4) is 0 Å². The van der Waals surface area contributed by atoms with Crippen molar-refractivity contribution in [1.82, 2.24) is 19.7 Å². The molecule has 0 spiro atoms. The molecular formula is C28H32ClN5O3. The number of anilines is 1. The molecule has 194 valence electrons. The van der Waals surface area contributed by atoms with Crippen molar-refractivity contribution in [2.45, 2.75) is 51.2 Å². The highest BCUT2D eigenvalue weighted by Gasteiger charge is 2.41. The second-order valence-corrected chi connectivity index (χ2v) is 10.3. The third kappa shape index (κ3) is 6.12. The van der Waals surface area contributed by atoms with E-state index in [0.717, 1.165) is 43.1 Å². The Balaban J connectivity index is 1.41. The Morgan fingerprint density at radius 2 is 1.92 bits per heavy atom. The van der Waals surface area contributed by atoms with Crippen molar-refractivity contribution in [1.29, 1.82) is 0 Å². The molecule has 3 heterocycles. The van der Waals surface area contributed by atoms with Gasteiger partial charge in [0, 0.05) is 56.8 Å². The maximum atomic E-state index is 13.3. The summed E-state index contributed by atoms with van der Waals surface area (Å²) in [6.07, 6.45) is 7.90. The Kier molecular flexibility index (Phi) is 8.16. The standard InChI is InChI=1S/C28H32ClN5O3/c1-5-21-15-20(28(37)32(3)4)16-25(30-21)31-27(36)24-8-9-26(35)34(24)22-10-12-33(13-11-22)17-19-6-7-23(29)18(2)14-19/h1,6-7,14-16,22,24H,8-13,17H2,2-4H3,(H,30,31,36)/t24-/m1/s1. The van der Waals surface area contributed by atoms with Gasteiger partial charge in [-0.3, -0.25) is 19.3 Å². The van der Waals surface area contributed by atoms with E-state index in [1.807, 2.05) is 19.1 Å². The minimum Gasteiger partial charge on any atom is -0.345 e. The number of aromatic nitrogens is 1. The van der Waals surface area contributed by atoms with Crippen LogP contribution in [0.4, 0.5) is 5.82 Å². The Morgan fingerprint density at radius 1 is 1.19 bits per heavy atom. The van der Waals surface area contributed by atoms with E-state index in [0.29, 0.717) is 18.4 Å². The van der Waals surface area contributed by atoms with Crippen LogP contribution in [0, 0.1) is 19.3 Å². The molecule has 9 heteroatoms. The molecule has 2 aromatic rings. The van der Waals surface area contributed by atoms with Crippen LogP contribution >= 0.6 is 11.6 Å². The fraction of sp³-hybridized carbons (Fsp3) is 0.429. The summed E-state index contributed by atoms with van der Waals surface area (Å²) >= 11 is 6.16. The summed E-state index contributed by atoms with van der Waals surface area (Å²) in [5.41, 5.74) is 2.87. The molecule has 2 aliphatic heterocycles. The number of nitrogens with one attached hydrogen (secondary N) is 1. The third-order valence-corrected chi connectivity index (χ3v) is 7.44. The fourth-order valence-corrected chi connectivity index (χ4v) is 5.21. The van der Waals surface area contributed by atoms with Crippen LogP contribution in [0.5, 0.6) is 0 Å². The van der Waals surface area contributed by atoms with Crippen LogP contribution in [-0.2, 0) is 16.1 Å². The zero-order valence-electron chi connectivity index (χ0n) is 21.5. The summed E-state index contributed by atoms with van der Waals surface area (Å²) in [5.74, 6) is 2.08. The summed E-state index contributed by atoms with van der Waals surface area (Å²) in [4.78, 5) is 48.4. The van der Waals surface area contributed by atoms with Crippen molar-refractivity contribution in [2.75, 3.05) is 32.5 Å². The van der Waals surface area contributed by atoms with Crippen molar-refractivity contribution in [3.8, 4) is 12.3 Å². The van der Waals surface area contributed by atoms with Gasteiger partial charge >= 0.3 is 0 Å². The molecule has 4 rings (SSSR count). The number of hydrogen-bond donors (Lipinski definition) is 1. The van der Waals surface area contributed by atoms with Crippen molar-refractivity contribution in [3.05, 3.63) is 57.7 Å². The molecule has 0 radical (unpaired) electrons. The molecule has 0 unspecified atom stereocenters. The van der Waals surface area contributed by atoms with Crippen molar-refractivity contribution in [3.63, 3.8) is 0 Å². The zero-order chi connectivity index (χ0) is 26.7. The van der Waals surface area contributed by atoms with E-state index in [1.54, 1.807) is 19.0 Å². The van der Waals surface area contributed by atoms with E-state index in [9.17, 15) is 14.4 Å². The van der Waals surface area contributed by atoms with Gasteiger partial charge in [-0.15, -0.1) is 6.42 Å². The summed E-state index contributed by atoms with van der Waals surface area (Å²) < 4.78 is 0. The summed E-state index contributed by atoms with van der Waals surface area (Å²) in [7, 11) is 3.28. The minimum absolute atomic E-state index is 0.000681. The normalized spacial score (nSPS) is 18.5. The first kappa shape index (κ1) is 26.6. The predicted molar refractivity (Wildman–Crippen MR) is 143 cm³/mol. The van der Waals surface area contributed by atoms with Gasteiger partial charge in [-0.25, -0.2) is 4.98 Å². The molecule has 2 saturated heterocycles. The van der Waals surface area contributed by atoms with E-state index >= 15 is 0 Å². The number of halogens is 1. The quantitative estimate of drug-likeness (QED) is 0.589. The maximum absolute atomic E-state index is 13.3. The van der Waals surface area contributed by atoms with Gasteiger partial charge in [-0.2, -0.15) is 0 Å². The lowest BCUT2D eigenvalue weighted by atomic mass is 10.0. The Bertz CT molecular complexity index is 1250. The molecular weight excluding hydrogens is 490 g/mol. The minimum atomic E-state index is -0.577. The van der Waals surface area contributed by atoms with Crippen LogP contribution in [0.15, 0.2) is 30.3 Å². The number of nitrogens with zero attached hydrogens (tertiary/aromatic N) is 4. The first-order valence-corrected chi connectivity index (χ1v) is 12.8. The van der Waals surface area contributed by atoms with Gasteiger partial charge in [-0.1, -0.05) is 29.7 Å². The summed E-state index contributed by atoms with van der Waals surface area (Å²) in [6, 6.07) is 8.55. The van der Waals surface area contributed by atoms with Crippen LogP contribution in [0.1, 0.15) is 52.9 Å². The number of carbonyl (C=O) groups excluding carboxylic acids is 3. The number of carbonyl (C=O) groups is 3. The number of likely N-dealkylation sites (tertiary alicyclic amines) is 2. The Labute approximate surface area is 223 Å². The SMILES string of the molecule is C#Cc1cc(C(=O)N(C)C)cc(NC(=O)[C@H]2CCC(=O)N2C2CCN(Cc3ccc(Cl)c(C)c3)CC2)n1. The van der Waals surface area contributed by atoms with Crippen LogP contribution in [0.25, 0.3) is 0 Å². The van der Waals surface area contributed by atoms with E-state index in [-0.39, 0.29) is 35.3 Å². The number of rotatable bonds is 6. The van der Waals surface area contributed by atoms with Gasteiger partial charge in [0.05, 0.1) is 0 Å². The van der Waals surface area contributed by atoms with Gasteiger partial charge in [0.2, 0.25) is 11.8 Å². The molecule has 1 atom stereocenters. The molecule has 0 bridgehead atoms. The number of hydrogen-bond acceptors (Lipinski definition) is 5. The monoisotopic (exact) mass is 521 g/mol. The Hall–Kier alpha value is -3.41.